The first-order valence-electron chi connectivity index (χ1n) is 3.54. The topological polar surface area (TPSA) is 54.4 Å². The third kappa shape index (κ3) is 1.84. The van der Waals surface area contributed by atoms with Gasteiger partial charge >= 0.3 is 0 Å². The lowest BCUT2D eigenvalue weighted by Crippen LogP contribution is -1.96. The van der Waals surface area contributed by atoms with Crippen LogP contribution in [0.15, 0.2) is 29.2 Å². The van der Waals surface area contributed by atoms with E-state index in [0.29, 0.717) is 5.56 Å². The molecule has 0 amide bonds. The molecule has 12 heavy (non-hydrogen) atoms. The first-order chi connectivity index (χ1) is 5.63. The molecule has 0 aromatic heterocycles. The fourth-order valence-electron chi connectivity index (χ4n) is 1.01. The molecule has 0 aliphatic rings. The highest BCUT2D eigenvalue weighted by molar-refractivity contribution is 7.72. The van der Waals surface area contributed by atoms with Crippen LogP contribution in [0.4, 0.5) is 0 Å². The van der Waals surface area contributed by atoms with Gasteiger partial charge in [-0.15, -0.1) is 0 Å². The van der Waals surface area contributed by atoms with Crippen molar-refractivity contribution in [1.29, 1.82) is 0 Å². The van der Waals surface area contributed by atoms with Crippen molar-refractivity contribution in [2.45, 2.75) is 17.9 Å². The summed E-state index contributed by atoms with van der Waals surface area (Å²) in [5, 5.41) is 9.19. The van der Waals surface area contributed by atoms with Gasteiger partial charge in [-0.3, -0.25) is 0 Å². The van der Waals surface area contributed by atoms with Gasteiger partial charge in [-0.1, -0.05) is 18.2 Å². The molecular weight excluding hydrogens is 176 g/mol. The number of rotatable bonds is 2. The number of aliphatic hydroxyl groups is 1. The monoisotopic (exact) mass is 186 g/mol. The minimum absolute atomic E-state index is 0.197. The summed E-state index contributed by atoms with van der Waals surface area (Å²) in [6.45, 7) is 1.54. The fourth-order valence-corrected chi connectivity index (χ4v) is 1.69. The number of hydrogen-bond acceptors (Lipinski definition) is 3. The van der Waals surface area contributed by atoms with Crippen molar-refractivity contribution in [2.75, 3.05) is 0 Å². The number of benzene rings is 1. The largest absolute Gasteiger partial charge is 0.389 e. The highest BCUT2D eigenvalue weighted by Crippen LogP contribution is 2.17. The van der Waals surface area contributed by atoms with Crippen LogP contribution in [-0.4, -0.2) is 13.5 Å². The van der Waals surface area contributed by atoms with Crippen molar-refractivity contribution in [1.82, 2.24) is 0 Å². The van der Waals surface area contributed by atoms with Crippen molar-refractivity contribution < 1.29 is 13.5 Å². The Kier molecular flexibility index (Phi) is 2.83. The summed E-state index contributed by atoms with van der Waals surface area (Å²) >= 11 is 0. The van der Waals surface area contributed by atoms with Crippen LogP contribution >= 0.6 is 0 Å². The Morgan fingerprint density at radius 2 is 1.92 bits per heavy atom. The van der Waals surface area contributed by atoms with Crippen LogP contribution < -0.4 is 0 Å². The highest BCUT2D eigenvalue weighted by Gasteiger charge is 2.07. The van der Waals surface area contributed by atoms with Crippen LogP contribution in [0.2, 0.25) is 0 Å². The van der Waals surface area contributed by atoms with Gasteiger partial charge in [-0.2, -0.15) is 0 Å². The Labute approximate surface area is 72.6 Å². The van der Waals surface area contributed by atoms with E-state index in [0.717, 1.165) is 0 Å². The first-order valence-corrected chi connectivity index (χ1v) is 4.72. The van der Waals surface area contributed by atoms with Crippen molar-refractivity contribution in [3.8, 4) is 0 Å². The summed E-state index contributed by atoms with van der Waals surface area (Å²) in [6.07, 6.45) is -0.742. The molecule has 1 aromatic carbocycles. The quantitative estimate of drug-likeness (QED) is 0.669. The van der Waals surface area contributed by atoms with Crippen LogP contribution in [0.25, 0.3) is 0 Å². The maximum Gasteiger partial charge on any atom is 0.168 e. The van der Waals surface area contributed by atoms with Gasteiger partial charge in [-0.25, -0.2) is 8.42 Å². The van der Waals surface area contributed by atoms with Crippen LogP contribution in [0, 0.1) is 0 Å². The molecule has 0 aliphatic carbocycles. The molecule has 0 spiro atoms. The molecule has 1 unspecified atom stereocenters. The number of thiol groups is 1. The second kappa shape index (κ2) is 3.69. The molecule has 0 saturated carbocycles. The van der Waals surface area contributed by atoms with E-state index < -0.39 is 16.8 Å². The third-order valence-electron chi connectivity index (χ3n) is 1.58. The Morgan fingerprint density at radius 3 is 2.33 bits per heavy atom. The lowest BCUT2D eigenvalue weighted by molar-refractivity contribution is 0.196. The molecule has 4 heteroatoms. The lowest BCUT2D eigenvalue weighted by atomic mass is 10.1. The standard InChI is InChI=1S/C8H10O3S/c1-6(9)7-4-2-3-5-8(7)12(10)11/h2-6,9,12H,1H3. The van der Waals surface area contributed by atoms with Gasteiger partial charge in [-0.05, 0) is 18.6 Å². The van der Waals surface area contributed by atoms with E-state index in [-0.39, 0.29) is 4.90 Å². The molecule has 0 aliphatic heterocycles. The third-order valence-corrected chi connectivity index (χ3v) is 2.38. The Morgan fingerprint density at radius 1 is 1.33 bits per heavy atom. The molecule has 66 valence electrons. The molecule has 0 radical (unpaired) electrons. The summed E-state index contributed by atoms with van der Waals surface area (Å²) in [6, 6.07) is 6.41. The normalized spacial score (nSPS) is 13.2. The second-order valence-electron chi connectivity index (χ2n) is 2.49. The molecule has 1 atom stereocenters. The van der Waals surface area contributed by atoms with Gasteiger partial charge in [0.1, 0.15) is 0 Å². The molecule has 0 heterocycles. The average molecular weight is 186 g/mol. The van der Waals surface area contributed by atoms with E-state index >= 15 is 0 Å². The molecule has 0 bridgehead atoms. The highest BCUT2D eigenvalue weighted by atomic mass is 32.2. The summed E-state index contributed by atoms with van der Waals surface area (Å²) in [4.78, 5) is 0.197. The average Bonchev–Trinajstić information content (AvgIpc) is 2.04. The zero-order chi connectivity index (χ0) is 9.14. The number of aliphatic hydroxyl groups excluding tert-OH is 1. The van der Waals surface area contributed by atoms with E-state index in [4.69, 9.17) is 0 Å². The summed E-state index contributed by atoms with van der Waals surface area (Å²) in [5.74, 6) is 0. The van der Waals surface area contributed by atoms with Crippen molar-refractivity contribution in [3.05, 3.63) is 29.8 Å². The van der Waals surface area contributed by atoms with Gasteiger partial charge in [0.05, 0.1) is 11.0 Å². The Balaban J connectivity index is 3.27. The minimum atomic E-state index is -2.61. The van der Waals surface area contributed by atoms with Crippen LogP contribution in [-0.2, 0) is 10.7 Å². The van der Waals surface area contributed by atoms with Crippen molar-refractivity contribution in [2.24, 2.45) is 0 Å². The van der Waals surface area contributed by atoms with E-state index in [1.807, 2.05) is 0 Å². The molecule has 1 aromatic rings. The molecule has 1 N–H and O–H groups in total. The smallest absolute Gasteiger partial charge is 0.168 e. The van der Waals surface area contributed by atoms with Crippen LogP contribution in [0.1, 0.15) is 18.6 Å². The summed E-state index contributed by atoms with van der Waals surface area (Å²) < 4.78 is 21.3. The van der Waals surface area contributed by atoms with E-state index in [1.54, 1.807) is 18.2 Å². The maximum atomic E-state index is 10.7. The fraction of sp³-hybridized carbons (Fsp3) is 0.250. The SMILES string of the molecule is CC(O)c1ccccc1[SH](=O)=O. The lowest BCUT2D eigenvalue weighted by Gasteiger charge is -2.05. The zero-order valence-corrected chi connectivity index (χ0v) is 7.49. The van der Waals surface area contributed by atoms with E-state index in [1.165, 1.54) is 13.0 Å². The molecule has 0 saturated heterocycles. The Bertz CT molecular complexity index is 334. The molecule has 1 rings (SSSR count). The zero-order valence-electron chi connectivity index (χ0n) is 6.60. The second-order valence-corrected chi connectivity index (χ2v) is 3.49. The predicted octanol–water partition coefficient (Wildman–Crippen LogP) is 0.710. The molecule has 3 nitrogen and oxygen atoms in total. The first kappa shape index (κ1) is 9.22. The van der Waals surface area contributed by atoms with Crippen molar-refractivity contribution in [3.63, 3.8) is 0 Å². The Hall–Kier alpha value is -0.870. The van der Waals surface area contributed by atoms with Crippen molar-refractivity contribution >= 4 is 10.7 Å². The van der Waals surface area contributed by atoms with E-state index in [2.05, 4.69) is 0 Å². The van der Waals surface area contributed by atoms with Gasteiger partial charge in [0.15, 0.2) is 10.7 Å². The van der Waals surface area contributed by atoms with Crippen LogP contribution in [0.3, 0.4) is 0 Å². The minimum Gasteiger partial charge on any atom is -0.389 e. The van der Waals surface area contributed by atoms with Crippen LogP contribution in [0.5, 0.6) is 0 Å². The maximum absolute atomic E-state index is 10.7. The molecular formula is C8H10O3S. The van der Waals surface area contributed by atoms with Gasteiger partial charge in [0.2, 0.25) is 0 Å². The summed E-state index contributed by atoms with van der Waals surface area (Å²) in [5.41, 5.74) is 0.452. The summed E-state index contributed by atoms with van der Waals surface area (Å²) in [7, 11) is -2.61. The number of hydrogen-bond donors (Lipinski definition) is 2. The van der Waals surface area contributed by atoms with Gasteiger partial charge in [0, 0.05) is 0 Å². The molecule has 0 fully saturated rings. The van der Waals surface area contributed by atoms with Gasteiger partial charge in [0.25, 0.3) is 0 Å². The van der Waals surface area contributed by atoms with E-state index in [9.17, 15) is 13.5 Å². The predicted molar refractivity (Wildman–Crippen MR) is 45.7 cm³/mol. The van der Waals surface area contributed by atoms with Gasteiger partial charge < -0.3 is 5.11 Å².